The molecule has 11 heavy (non-hydrogen) atoms. The van der Waals surface area contributed by atoms with E-state index in [4.69, 9.17) is 20.4 Å². The normalized spacial score (nSPS) is 14.4. The minimum atomic E-state index is -2.27. The predicted octanol–water partition coefficient (Wildman–Crippen LogP) is -2.13. The molecule has 0 aliphatic heterocycles. The van der Waals surface area contributed by atoms with Crippen molar-refractivity contribution in [3.63, 3.8) is 0 Å². The van der Waals surface area contributed by atoms with Crippen molar-refractivity contribution in [2.45, 2.75) is 12.2 Å². The Morgan fingerprint density at radius 3 is 1.18 bits per heavy atom. The zero-order valence-electron chi connectivity index (χ0n) is 5.11. The molecule has 0 saturated heterocycles. The van der Waals surface area contributed by atoms with Crippen LogP contribution < -0.4 is 0 Å². The number of aliphatic carboxylic acids is 2. The fourth-order valence-corrected chi connectivity index (χ4v) is 0.270. The first-order valence-electron chi connectivity index (χ1n) is 2.28. The molecule has 0 aromatic heterocycles. The maximum absolute atomic E-state index is 9.77. The molecule has 0 radical (unpaired) electrons. The number of rotatable bonds is 3. The summed E-state index contributed by atoms with van der Waals surface area (Å²) in [6.45, 7) is 0. The van der Waals surface area contributed by atoms with Gasteiger partial charge in [0.15, 0.2) is 12.2 Å². The summed E-state index contributed by atoms with van der Waals surface area (Å²) in [4.78, 5) is 19.5. The van der Waals surface area contributed by atoms with Crippen molar-refractivity contribution in [1.82, 2.24) is 0 Å². The van der Waals surface area contributed by atoms with Crippen LogP contribution in [0.3, 0.4) is 0 Å². The molecule has 4 N–H and O–H groups in total. The third-order valence-electron chi connectivity index (χ3n) is 0.805. The number of carboxylic acids is 2. The summed E-state index contributed by atoms with van der Waals surface area (Å²) in [5.74, 6) is -3.54. The van der Waals surface area contributed by atoms with E-state index < -0.39 is 24.1 Å². The summed E-state index contributed by atoms with van der Waals surface area (Å²) in [7, 11) is 0. The molecule has 66 valence electrons. The number of carbonyl (C=O) groups is 2. The molecule has 0 amide bonds. The first kappa shape index (κ1) is 13.0. The van der Waals surface area contributed by atoms with Gasteiger partial charge in [0.2, 0.25) is 0 Å². The molecule has 7 heteroatoms. The van der Waals surface area contributed by atoms with Crippen molar-refractivity contribution in [3.05, 3.63) is 0 Å². The van der Waals surface area contributed by atoms with E-state index in [9.17, 15) is 9.59 Å². The van der Waals surface area contributed by atoms with E-state index >= 15 is 0 Å². The van der Waals surface area contributed by atoms with E-state index in [-0.39, 0.29) is 17.1 Å². The van der Waals surface area contributed by atoms with Crippen LogP contribution in [0.4, 0.5) is 0 Å². The zero-order valence-corrected chi connectivity index (χ0v) is 6.22. The van der Waals surface area contributed by atoms with E-state index in [1.54, 1.807) is 0 Å². The molecule has 0 spiro atoms. The number of carboxylic acid groups (broad SMARTS) is 2. The van der Waals surface area contributed by atoms with Crippen LogP contribution in [0.1, 0.15) is 0 Å². The number of hydrogen-bond donors (Lipinski definition) is 4. The van der Waals surface area contributed by atoms with E-state index in [0.29, 0.717) is 0 Å². The predicted molar refractivity (Wildman–Crippen MR) is 27.3 cm³/mol. The fraction of sp³-hybridized carbons (Fsp3) is 0.500. The summed E-state index contributed by atoms with van der Waals surface area (Å²) in [6.07, 6.45) is -4.53. The third-order valence-corrected chi connectivity index (χ3v) is 0.805. The minimum absolute atomic E-state index is 0. The maximum Gasteiger partial charge on any atom is 0.335 e. The largest absolute Gasteiger partial charge is 0.479 e. The van der Waals surface area contributed by atoms with Crippen LogP contribution in [0.15, 0.2) is 0 Å². The van der Waals surface area contributed by atoms with Gasteiger partial charge in [-0.3, -0.25) is 0 Å². The van der Waals surface area contributed by atoms with Crippen LogP contribution in [0.2, 0.25) is 0 Å². The summed E-state index contributed by atoms with van der Waals surface area (Å²) in [5, 5.41) is 32.5. The van der Waals surface area contributed by atoms with Gasteiger partial charge in [-0.15, -0.1) is 0 Å². The van der Waals surface area contributed by atoms with Crippen LogP contribution >= 0.6 is 0 Å². The fourth-order valence-electron chi connectivity index (χ4n) is 0.270. The third kappa shape index (κ3) is 3.94. The molecule has 0 saturated carbocycles. The van der Waals surface area contributed by atoms with Gasteiger partial charge in [0.25, 0.3) is 0 Å². The molecular weight excluding hydrogens is 200 g/mol. The van der Waals surface area contributed by atoms with E-state index in [2.05, 4.69) is 0 Å². The van der Waals surface area contributed by atoms with Gasteiger partial charge in [-0.05, 0) is 0 Å². The molecule has 0 unspecified atom stereocenters. The Labute approximate surface area is 71.9 Å². The Hall–Kier alpha value is -0.621. The maximum atomic E-state index is 9.77. The summed E-state index contributed by atoms with van der Waals surface area (Å²) < 4.78 is 0. The molecule has 0 fully saturated rings. The number of aliphatic hydroxyl groups excluding tert-OH is 2. The monoisotopic (exact) mass is 206 g/mol. The van der Waals surface area contributed by atoms with E-state index in [0.717, 1.165) is 0 Å². The van der Waals surface area contributed by atoms with Gasteiger partial charge in [0, 0.05) is 17.1 Å². The van der Waals surface area contributed by atoms with Gasteiger partial charge in [0.05, 0.1) is 0 Å². The van der Waals surface area contributed by atoms with Crippen LogP contribution in [0.5, 0.6) is 0 Å². The van der Waals surface area contributed by atoms with E-state index in [1.807, 2.05) is 0 Å². The Bertz CT molecular complexity index is 139. The van der Waals surface area contributed by atoms with Gasteiger partial charge in [-0.25, -0.2) is 9.59 Å². The minimum Gasteiger partial charge on any atom is -0.479 e. The standard InChI is InChI=1S/C4H6O6.Fe/c5-1(3(7)8)2(6)4(9)10;/h1-2,5-6H,(H,7,8)(H,9,10);/t1-,2+;. The van der Waals surface area contributed by atoms with Crippen molar-refractivity contribution in [2.75, 3.05) is 0 Å². The summed E-state index contributed by atoms with van der Waals surface area (Å²) in [5.41, 5.74) is 0. The Morgan fingerprint density at radius 1 is 0.909 bits per heavy atom. The summed E-state index contributed by atoms with van der Waals surface area (Å²) in [6, 6.07) is 0. The molecule has 0 aromatic rings. The molecule has 2 atom stereocenters. The first-order valence-corrected chi connectivity index (χ1v) is 2.28. The number of aliphatic hydroxyl groups is 2. The van der Waals surface area contributed by atoms with Gasteiger partial charge in [-0.1, -0.05) is 0 Å². The van der Waals surface area contributed by atoms with E-state index in [1.165, 1.54) is 0 Å². The molecule has 0 bridgehead atoms. The topological polar surface area (TPSA) is 115 Å². The Kier molecular flexibility index (Phi) is 6.01. The van der Waals surface area contributed by atoms with Crippen molar-refractivity contribution in [1.29, 1.82) is 0 Å². The molecule has 0 aromatic carbocycles. The van der Waals surface area contributed by atoms with Gasteiger partial charge >= 0.3 is 11.9 Å². The van der Waals surface area contributed by atoms with Crippen molar-refractivity contribution < 1.29 is 47.1 Å². The van der Waals surface area contributed by atoms with Crippen molar-refractivity contribution in [3.8, 4) is 0 Å². The second kappa shape index (κ2) is 5.09. The van der Waals surface area contributed by atoms with Crippen LogP contribution in [0.25, 0.3) is 0 Å². The SMILES string of the molecule is O=C(O)[C@@H](O)[C@@H](O)C(=O)O.[Fe]. The Morgan fingerprint density at radius 2 is 1.09 bits per heavy atom. The molecular formula is C4H6FeO6. The molecule has 0 heterocycles. The zero-order chi connectivity index (χ0) is 8.31. The molecule has 0 aliphatic carbocycles. The van der Waals surface area contributed by atoms with Crippen molar-refractivity contribution >= 4 is 11.9 Å². The second-order valence-electron chi connectivity index (χ2n) is 1.57. The molecule has 6 nitrogen and oxygen atoms in total. The average molecular weight is 206 g/mol. The van der Waals surface area contributed by atoms with Crippen LogP contribution in [-0.4, -0.2) is 44.6 Å². The van der Waals surface area contributed by atoms with Crippen LogP contribution in [0, 0.1) is 0 Å². The average Bonchev–Trinajstić information content (AvgIpc) is 1.84. The molecule has 0 aliphatic rings. The first-order chi connectivity index (χ1) is 4.46. The van der Waals surface area contributed by atoms with Gasteiger partial charge in [0.1, 0.15) is 0 Å². The second-order valence-corrected chi connectivity index (χ2v) is 1.57. The Balaban J connectivity index is 0. The van der Waals surface area contributed by atoms with Gasteiger partial charge in [-0.2, -0.15) is 0 Å². The molecule has 0 rings (SSSR count). The van der Waals surface area contributed by atoms with Gasteiger partial charge < -0.3 is 20.4 Å². The van der Waals surface area contributed by atoms with Crippen molar-refractivity contribution in [2.24, 2.45) is 0 Å². The summed E-state index contributed by atoms with van der Waals surface area (Å²) >= 11 is 0. The smallest absolute Gasteiger partial charge is 0.335 e. The quantitative estimate of drug-likeness (QED) is 0.392. The van der Waals surface area contributed by atoms with Crippen LogP contribution in [-0.2, 0) is 26.7 Å². The number of hydrogen-bond acceptors (Lipinski definition) is 4.